The molecule has 1 aliphatic carbocycles. The summed E-state index contributed by atoms with van der Waals surface area (Å²) >= 11 is 0. The normalized spacial score (nSPS) is 18.6. The van der Waals surface area contributed by atoms with Gasteiger partial charge < -0.3 is 18.9 Å². The summed E-state index contributed by atoms with van der Waals surface area (Å²) < 4.78 is 49.3. The van der Waals surface area contributed by atoms with Gasteiger partial charge in [0.25, 0.3) is 0 Å². The van der Waals surface area contributed by atoms with Crippen molar-refractivity contribution in [2.75, 3.05) is 13.4 Å². The summed E-state index contributed by atoms with van der Waals surface area (Å²) in [6.45, 7) is 9.95. The Bertz CT molecular complexity index is 795. The molecule has 1 aliphatic rings. The van der Waals surface area contributed by atoms with Gasteiger partial charge in [-0.3, -0.25) is 0 Å². The van der Waals surface area contributed by atoms with Crippen LogP contribution < -0.4 is 9.47 Å². The van der Waals surface area contributed by atoms with Crippen molar-refractivity contribution in [2.24, 2.45) is 11.8 Å². The van der Waals surface area contributed by atoms with Crippen LogP contribution in [0.2, 0.25) is 0 Å². The molecule has 0 unspecified atom stereocenters. The highest BCUT2D eigenvalue weighted by atomic mass is 19.3. The van der Waals surface area contributed by atoms with E-state index in [0.29, 0.717) is 24.2 Å². The van der Waals surface area contributed by atoms with E-state index in [0.717, 1.165) is 0 Å². The zero-order valence-electron chi connectivity index (χ0n) is 17.8. The van der Waals surface area contributed by atoms with Gasteiger partial charge in [-0.2, -0.15) is 8.78 Å². The molecule has 2 rings (SSSR count). The summed E-state index contributed by atoms with van der Waals surface area (Å²) in [5.41, 5.74) is 0.564. The molecule has 0 aliphatic heterocycles. The largest absolute Gasteiger partial charge is 0.462 e. The highest BCUT2D eigenvalue weighted by Gasteiger charge is 2.44. The fourth-order valence-corrected chi connectivity index (χ4v) is 3.10. The molecule has 0 bridgehead atoms. The molecular formula is C23H28F2O6. The Balaban J connectivity index is 1.79. The summed E-state index contributed by atoms with van der Waals surface area (Å²) in [5, 5.41) is 0. The van der Waals surface area contributed by atoms with Crippen LogP contribution >= 0.6 is 0 Å². The van der Waals surface area contributed by atoms with Gasteiger partial charge in [0.05, 0.1) is 12.5 Å². The smallest absolute Gasteiger partial charge is 0.400 e. The van der Waals surface area contributed by atoms with Gasteiger partial charge >= 0.3 is 18.0 Å². The van der Waals surface area contributed by atoms with E-state index >= 15 is 0 Å². The summed E-state index contributed by atoms with van der Waals surface area (Å²) in [6, 6.07) is 5.64. The maximum atomic E-state index is 14.6. The van der Waals surface area contributed by atoms with Gasteiger partial charge in [-0.25, -0.2) is 9.59 Å². The molecule has 1 fully saturated rings. The molecule has 0 aromatic heterocycles. The summed E-state index contributed by atoms with van der Waals surface area (Å²) in [5.74, 6) is -1.55. The van der Waals surface area contributed by atoms with Gasteiger partial charge in [0.1, 0.15) is 11.5 Å². The standard InChI is InChI=1S/C23H28F2O6/c1-15(2)21(26)28-13-17-5-7-18(8-6-17)23(24,25)31-20-11-9-19(10-12-20)29-14-30-22(27)16(3)4/h9-12,17-18H,1,3,5-8,13-14H2,2,4H3. The number of carbonyl (C=O) groups excluding carboxylic acids is 2. The van der Waals surface area contributed by atoms with Crippen molar-refractivity contribution in [3.8, 4) is 11.5 Å². The molecule has 1 aromatic carbocycles. The Kier molecular flexibility index (Phi) is 8.59. The van der Waals surface area contributed by atoms with E-state index in [-0.39, 0.29) is 43.5 Å². The average Bonchev–Trinajstić information content (AvgIpc) is 2.73. The van der Waals surface area contributed by atoms with Gasteiger partial charge in [-0.1, -0.05) is 13.2 Å². The van der Waals surface area contributed by atoms with E-state index in [1.54, 1.807) is 6.92 Å². The molecule has 0 N–H and O–H groups in total. The molecule has 0 radical (unpaired) electrons. The Morgan fingerprint density at radius 3 is 2.00 bits per heavy atom. The molecule has 0 saturated heterocycles. The number of benzene rings is 1. The molecule has 31 heavy (non-hydrogen) atoms. The van der Waals surface area contributed by atoms with Gasteiger partial charge in [0, 0.05) is 11.1 Å². The van der Waals surface area contributed by atoms with Gasteiger partial charge in [-0.05, 0) is 69.7 Å². The second-order valence-electron chi connectivity index (χ2n) is 7.71. The third kappa shape index (κ3) is 7.70. The van der Waals surface area contributed by atoms with Gasteiger partial charge in [0.15, 0.2) is 0 Å². The summed E-state index contributed by atoms with van der Waals surface area (Å²) in [7, 11) is 0. The molecule has 0 heterocycles. The van der Waals surface area contributed by atoms with Crippen molar-refractivity contribution >= 4 is 11.9 Å². The minimum atomic E-state index is -3.32. The van der Waals surface area contributed by atoms with Crippen molar-refractivity contribution in [2.45, 2.75) is 45.6 Å². The van der Waals surface area contributed by atoms with Crippen LogP contribution in [-0.4, -0.2) is 31.4 Å². The third-order valence-electron chi connectivity index (χ3n) is 4.96. The lowest BCUT2D eigenvalue weighted by molar-refractivity contribution is -0.224. The van der Waals surface area contributed by atoms with Crippen LogP contribution in [0.5, 0.6) is 11.5 Å². The first-order chi connectivity index (χ1) is 14.6. The topological polar surface area (TPSA) is 71.1 Å². The molecule has 0 atom stereocenters. The van der Waals surface area contributed by atoms with Crippen molar-refractivity contribution < 1.29 is 37.3 Å². The quantitative estimate of drug-likeness (QED) is 0.290. The molecule has 8 heteroatoms. The van der Waals surface area contributed by atoms with Crippen LogP contribution in [0, 0.1) is 11.8 Å². The number of hydrogen-bond donors (Lipinski definition) is 0. The minimum Gasteiger partial charge on any atom is -0.462 e. The number of halogens is 2. The number of hydrogen-bond acceptors (Lipinski definition) is 6. The Morgan fingerprint density at radius 2 is 1.45 bits per heavy atom. The van der Waals surface area contributed by atoms with Crippen molar-refractivity contribution in [3.05, 3.63) is 48.6 Å². The number of carbonyl (C=O) groups is 2. The van der Waals surface area contributed by atoms with Gasteiger partial charge in [-0.15, -0.1) is 0 Å². The Hall–Kier alpha value is -2.90. The average molecular weight is 438 g/mol. The molecule has 6 nitrogen and oxygen atoms in total. The molecule has 0 spiro atoms. The highest BCUT2D eigenvalue weighted by molar-refractivity contribution is 5.87. The fourth-order valence-electron chi connectivity index (χ4n) is 3.10. The number of ether oxygens (including phenoxy) is 4. The number of rotatable bonds is 10. The van der Waals surface area contributed by atoms with Crippen molar-refractivity contribution in [1.29, 1.82) is 0 Å². The van der Waals surface area contributed by atoms with Crippen molar-refractivity contribution in [1.82, 2.24) is 0 Å². The maximum absolute atomic E-state index is 14.6. The van der Waals surface area contributed by atoms with Crippen LogP contribution in [0.3, 0.4) is 0 Å². The van der Waals surface area contributed by atoms with Crippen LogP contribution in [0.25, 0.3) is 0 Å². The Morgan fingerprint density at radius 1 is 0.935 bits per heavy atom. The van der Waals surface area contributed by atoms with Gasteiger partial charge in [0.2, 0.25) is 6.79 Å². The lowest BCUT2D eigenvalue weighted by Crippen LogP contribution is -2.37. The van der Waals surface area contributed by atoms with E-state index in [9.17, 15) is 18.4 Å². The molecule has 1 saturated carbocycles. The third-order valence-corrected chi connectivity index (χ3v) is 4.96. The minimum absolute atomic E-state index is 0.00814. The lowest BCUT2D eigenvalue weighted by Gasteiger charge is -2.33. The first-order valence-electron chi connectivity index (χ1n) is 10.0. The molecular weight excluding hydrogens is 410 g/mol. The second kappa shape index (κ2) is 10.9. The van der Waals surface area contributed by atoms with Crippen LogP contribution in [-0.2, 0) is 19.1 Å². The van der Waals surface area contributed by atoms with Crippen LogP contribution in [0.4, 0.5) is 8.78 Å². The molecule has 1 aromatic rings. The predicted molar refractivity (Wildman–Crippen MR) is 110 cm³/mol. The SMILES string of the molecule is C=C(C)C(=O)OCOc1ccc(OC(F)(F)C2CCC(COC(=O)C(=C)C)CC2)cc1. The zero-order valence-corrected chi connectivity index (χ0v) is 17.8. The van der Waals surface area contributed by atoms with Crippen LogP contribution in [0.15, 0.2) is 48.6 Å². The first-order valence-corrected chi connectivity index (χ1v) is 10.0. The van der Waals surface area contributed by atoms with Crippen LogP contribution in [0.1, 0.15) is 39.5 Å². The Labute approximate surface area is 180 Å². The second-order valence-corrected chi connectivity index (χ2v) is 7.71. The molecule has 170 valence electrons. The highest BCUT2D eigenvalue weighted by Crippen LogP contribution is 2.40. The van der Waals surface area contributed by atoms with E-state index in [2.05, 4.69) is 13.2 Å². The predicted octanol–water partition coefficient (Wildman–Crippen LogP) is 5.04. The van der Waals surface area contributed by atoms with E-state index in [1.165, 1.54) is 31.2 Å². The number of esters is 2. The lowest BCUT2D eigenvalue weighted by atomic mass is 9.81. The first kappa shape index (κ1) is 24.4. The maximum Gasteiger partial charge on any atom is 0.400 e. The monoisotopic (exact) mass is 438 g/mol. The summed E-state index contributed by atoms with van der Waals surface area (Å²) in [4.78, 5) is 22.7. The summed E-state index contributed by atoms with van der Waals surface area (Å²) in [6.07, 6.45) is -1.71. The fraction of sp³-hybridized carbons (Fsp3) is 0.478. The number of alkyl halides is 2. The zero-order chi connectivity index (χ0) is 23.0. The van der Waals surface area contributed by atoms with E-state index < -0.39 is 24.0 Å². The van der Waals surface area contributed by atoms with Crippen molar-refractivity contribution in [3.63, 3.8) is 0 Å². The van der Waals surface area contributed by atoms with E-state index in [4.69, 9.17) is 18.9 Å². The molecule has 0 amide bonds. The van der Waals surface area contributed by atoms with E-state index in [1.807, 2.05) is 0 Å².